The molecule has 3 aliphatic rings. The van der Waals surface area contributed by atoms with E-state index in [-0.39, 0.29) is 11.7 Å². The van der Waals surface area contributed by atoms with E-state index in [1.165, 1.54) is 24.5 Å². The summed E-state index contributed by atoms with van der Waals surface area (Å²) in [7, 11) is 0. The number of imidazole rings is 1. The molecular formula is C29H29FN4O. The molecule has 1 aliphatic heterocycles. The summed E-state index contributed by atoms with van der Waals surface area (Å²) in [5.74, 6) is 3.20. The molecule has 6 heteroatoms. The molecule has 2 aromatic heterocycles. The van der Waals surface area contributed by atoms with Crippen molar-refractivity contribution in [2.45, 2.75) is 50.4 Å². The Morgan fingerprint density at radius 3 is 2.46 bits per heavy atom. The van der Waals surface area contributed by atoms with Gasteiger partial charge in [0.1, 0.15) is 11.6 Å². The number of H-pyrrole nitrogens is 1. The van der Waals surface area contributed by atoms with Crippen LogP contribution in [0.2, 0.25) is 0 Å². The number of nitrogens with one attached hydrogen (secondary N) is 1. The number of halogens is 1. The lowest BCUT2D eigenvalue weighted by molar-refractivity contribution is 0.0885. The minimum atomic E-state index is -0.196. The molecule has 35 heavy (non-hydrogen) atoms. The van der Waals surface area contributed by atoms with Crippen LogP contribution in [0.5, 0.6) is 0 Å². The molecule has 1 amide bonds. The predicted octanol–water partition coefficient (Wildman–Crippen LogP) is 6.17. The van der Waals surface area contributed by atoms with E-state index in [2.05, 4.69) is 16.0 Å². The fourth-order valence-electron chi connectivity index (χ4n) is 6.32. The van der Waals surface area contributed by atoms with E-state index in [1.807, 2.05) is 29.3 Å². The summed E-state index contributed by atoms with van der Waals surface area (Å²) in [5.41, 5.74) is 4.77. The van der Waals surface area contributed by atoms with Gasteiger partial charge in [-0.05, 0) is 104 Å². The molecule has 178 valence electrons. The minimum Gasteiger partial charge on any atom is -0.342 e. The van der Waals surface area contributed by atoms with E-state index < -0.39 is 0 Å². The van der Waals surface area contributed by atoms with Gasteiger partial charge in [-0.2, -0.15) is 0 Å². The van der Waals surface area contributed by atoms with Crippen LogP contribution in [0.1, 0.15) is 72.1 Å². The van der Waals surface area contributed by atoms with Crippen molar-refractivity contribution in [3.63, 3.8) is 0 Å². The third-order valence-electron chi connectivity index (χ3n) is 8.39. The largest absolute Gasteiger partial charge is 0.342 e. The van der Waals surface area contributed by atoms with Crippen LogP contribution in [0.4, 0.5) is 4.39 Å². The number of amides is 1. The van der Waals surface area contributed by atoms with Gasteiger partial charge in [0, 0.05) is 36.2 Å². The third kappa shape index (κ3) is 3.89. The zero-order chi connectivity index (χ0) is 23.5. The number of pyridine rings is 1. The highest BCUT2D eigenvalue weighted by Crippen LogP contribution is 2.52. The van der Waals surface area contributed by atoms with Gasteiger partial charge in [0.25, 0.3) is 5.91 Å². The van der Waals surface area contributed by atoms with Crippen molar-refractivity contribution in [2.24, 2.45) is 11.8 Å². The predicted molar refractivity (Wildman–Crippen MR) is 134 cm³/mol. The molecule has 7 rings (SSSR count). The van der Waals surface area contributed by atoms with Gasteiger partial charge >= 0.3 is 0 Å². The number of carbonyl (C=O) groups is 1. The quantitative estimate of drug-likeness (QED) is 0.356. The Bertz CT molecular complexity index is 1430. The van der Waals surface area contributed by atoms with Gasteiger partial charge in [0.15, 0.2) is 0 Å². The molecule has 1 atom stereocenters. The molecule has 1 unspecified atom stereocenters. The zero-order valence-electron chi connectivity index (χ0n) is 19.7. The Labute approximate surface area is 203 Å². The first-order chi connectivity index (χ1) is 17.1. The zero-order valence-corrected chi connectivity index (χ0v) is 19.7. The lowest BCUT2D eigenvalue weighted by Gasteiger charge is -2.34. The van der Waals surface area contributed by atoms with Crippen LogP contribution in [-0.4, -0.2) is 38.8 Å². The van der Waals surface area contributed by atoms with Gasteiger partial charge in [-0.3, -0.25) is 9.78 Å². The SMILES string of the molecule is O=C(c1ccc2[nH]c(C(C3CC3)[C@H]3CC[C@@H](c4ccnc5ccc(F)cc54)CC3)nc2c1)N1CC1. The molecule has 0 radical (unpaired) electrons. The number of rotatable bonds is 5. The molecule has 3 fully saturated rings. The van der Waals surface area contributed by atoms with Gasteiger partial charge < -0.3 is 9.88 Å². The average Bonchev–Trinajstić information content (AvgIpc) is 3.81. The Hall–Kier alpha value is -3.28. The Kier molecular flexibility index (Phi) is 4.90. The lowest BCUT2D eigenvalue weighted by atomic mass is 9.72. The highest BCUT2D eigenvalue weighted by Gasteiger charge is 2.41. The van der Waals surface area contributed by atoms with Crippen LogP contribution in [0, 0.1) is 17.7 Å². The second-order valence-electron chi connectivity index (χ2n) is 10.7. The molecule has 1 saturated heterocycles. The fraction of sp³-hybridized carbons (Fsp3) is 0.414. The highest BCUT2D eigenvalue weighted by atomic mass is 19.1. The normalized spacial score (nSPS) is 23.1. The molecule has 2 saturated carbocycles. The first-order valence-electron chi connectivity index (χ1n) is 13.0. The molecule has 1 N–H and O–H groups in total. The first kappa shape index (κ1) is 21.0. The maximum Gasteiger partial charge on any atom is 0.254 e. The van der Waals surface area contributed by atoms with Crippen LogP contribution < -0.4 is 0 Å². The van der Waals surface area contributed by atoms with Crippen molar-refractivity contribution in [3.05, 3.63) is 71.4 Å². The number of aromatic nitrogens is 3. The summed E-state index contributed by atoms with van der Waals surface area (Å²) < 4.78 is 14.0. The molecular weight excluding hydrogens is 439 g/mol. The summed E-state index contributed by atoms with van der Waals surface area (Å²) in [4.78, 5) is 27.4. The number of benzene rings is 2. The Morgan fingerprint density at radius 1 is 0.943 bits per heavy atom. The molecule has 4 aromatic rings. The maximum absolute atomic E-state index is 14.0. The van der Waals surface area contributed by atoms with Gasteiger partial charge in [-0.25, -0.2) is 9.37 Å². The molecule has 5 nitrogen and oxygen atoms in total. The van der Waals surface area contributed by atoms with Crippen LogP contribution in [0.25, 0.3) is 21.9 Å². The van der Waals surface area contributed by atoms with Crippen molar-refractivity contribution in [1.82, 2.24) is 19.9 Å². The standard InChI is InChI=1S/C29H29FN4O/c30-21-8-10-24-23(16-21)22(11-12-31-24)17-1-3-18(4-2-17)27(19-5-6-19)28-32-25-9-7-20(15-26(25)33-28)29(35)34-13-14-34/h7-12,15-19,27H,1-6,13-14H2,(H,32,33)/t17-,18+,27?. The smallest absolute Gasteiger partial charge is 0.254 e. The number of carbonyl (C=O) groups excluding carboxylic acids is 1. The summed E-state index contributed by atoms with van der Waals surface area (Å²) in [6.07, 6.45) is 8.93. The molecule has 2 aliphatic carbocycles. The average molecular weight is 469 g/mol. The Balaban J connectivity index is 1.13. The van der Waals surface area contributed by atoms with E-state index in [0.29, 0.717) is 23.7 Å². The molecule has 2 aromatic carbocycles. The van der Waals surface area contributed by atoms with Crippen LogP contribution >= 0.6 is 0 Å². The second-order valence-corrected chi connectivity index (χ2v) is 10.7. The Morgan fingerprint density at radius 2 is 1.71 bits per heavy atom. The van der Waals surface area contributed by atoms with Crippen molar-refractivity contribution in [1.29, 1.82) is 0 Å². The van der Waals surface area contributed by atoms with Gasteiger partial charge in [0.05, 0.1) is 16.6 Å². The van der Waals surface area contributed by atoms with Crippen molar-refractivity contribution >= 4 is 27.8 Å². The summed E-state index contributed by atoms with van der Waals surface area (Å²) in [6, 6.07) is 12.9. The van der Waals surface area contributed by atoms with E-state index >= 15 is 0 Å². The minimum absolute atomic E-state index is 0.108. The molecule has 0 spiro atoms. The van der Waals surface area contributed by atoms with E-state index in [0.717, 1.165) is 72.1 Å². The monoisotopic (exact) mass is 468 g/mol. The van der Waals surface area contributed by atoms with E-state index in [9.17, 15) is 9.18 Å². The number of fused-ring (bicyclic) bond motifs is 2. The number of hydrogen-bond donors (Lipinski definition) is 1. The number of hydrogen-bond acceptors (Lipinski definition) is 3. The summed E-state index contributed by atoms with van der Waals surface area (Å²) in [6.45, 7) is 1.72. The van der Waals surface area contributed by atoms with Crippen molar-refractivity contribution in [2.75, 3.05) is 13.1 Å². The fourth-order valence-corrected chi connectivity index (χ4v) is 6.32. The molecule has 0 bridgehead atoms. The van der Waals surface area contributed by atoms with Crippen LogP contribution in [-0.2, 0) is 0 Å². The van der Waals surface area contributed by atoms with Crippen molar-refractivity contribution < 1.29 is 9.18 Å². The van der Waals surface area contributed by atoms with E-state index in [1.54, 1.807) is 12.1 Å². The van der Waals surface area contributed by atoms with Gasteiger partial charge in [0.2, 0.25) is 0 Å². The van der Waals surface area contributed by atoms with E-state index in [4.69, 9.17) is 4.98 Å². The van der Waals surface area contributed by atoms with Gasteiger partial charge in [-0.1, -0.05) is 0 Å². The number of aromatic amines is 1. The third-order valence-corrected chi connectivity index (χ3v) is 8.39. The van der Waals surface area contributed by atoms with Crippen LogP contribution in [0.15, 0.2) is 48.7 Å². The summed E-state index contributed by atoms with van der Waals surface area (Å²) >= 11 is 0. The van der Waals surface area contributed by atoms with Gasteiger partial charge in [-0.15, -0.1) is 0 Å². The maximum atomic E-state index is 14.0. The second kappa shape index (κ2) is 8.14. The first-order valence-corrected chi connectivity index (χ1v) is 13.0. The highest BCUT2D eigenvalue weighted by molar-refractivity contribution is 5.98. The van der Waals surface area contributed by atoms with Crippen LogP contribution in [0.3, 0.4) is 0 Å². The van der Waals surface area contributed by atoms with Crippen molar-refractivity contribution in [3.8, 4) is 0 Å². The number of nitrogens with zero attached hydrogens (tertiary/aromatic N) is 3. The molecule has 3 heterocycles. The summed E-state index contributed by atoms with van der Waals surface area (Å²) in [5, 5.41) is 0.958. The topological polar surface area (TPSA) is 61.6 Å². The lowest BCUT2D eigenvalue weighted by Crippen LogP contribution is -2.22.